The van der Waals surface area contributed by atoms with E-state index in [0.29, 0.717) is 56.3 Å². The molecule has 0 unspecified atom stereocenters. The molecule has 2 heterocycles. The fourth-order valence-electron chi connectivity index (χ4n) is 4.03. The first-order valence-electron chi connectivity index (χ1n) is 10.8. The third-order valence-electron chi connectivity index (χ3n) is 5.81. The minimum Gasteiger partial charge on any atom is -0.466 e. The monoisotopic (exact) mass is 427 g/mol. The Morgan fingerprint density at radius 1 is 1.06 bits per heavy atom. The van der Waals surface area contributed by atoms with E-state index in [0.717, 1.165) is 13.1 Å². The predicted molar refractivity (Wildman–Crippen MR) is 121 cm³/mol. The van der Waals surface area contributed by atoms with Crippen molar-refractivity contribution in [1.82, 2.24) is 9.80 Å². The number of benzene rings is 1. The summed E-state index contributed by atoms with van der Waals surface area (Å²) in [5.74, 6) is 1.27. The Balaban J connectivity index is 1.55. The lowest BCUT2D eigenvalue weighted by atomic mass is 10.1. The Hall–Kier alpha value is -2.80. The van der Waals surface area contributed by atoms with E-state index in [1.807, 2.05) is 17.9 Å². The number of para-hydroxylation sites is 1. The lowest BCUT2D eigenvalue weighted by Gasteiger charge is -2.37. The van der Waals surface area contributed by atoms with Crippen molar-refractivity contribution in [2.45, 2.75) is 27.2 Å². The molecule has 1 aromatic heterocycles. The van der Waals surface area contributed by atoms with E-state index in [1.165, 1.54) is 11.3 Å². The number of carbonyl (C=O) groups excluding carboxylic acids is 2. The second-order valence-electron chi connectivity index (χ2n) is 8.02. The summed E-state index contributed by atoms with van der Waals surface area (Å²) in [6.45, 7) is 9.96. The van der Waals surface area contributed by atoms with Gasteiger partial charge >= 0.3 is 0 Å². The Morgan fingerprint density at radius 3 is 2.39 bits per heavy atom. The maximum atomic E-state index is 13.0. The van der Waals surface area contributed by atoms with Crippen molar-refractivity contribution in [3.05, 3.63) is 53.0 Å². The van der Waals surface area contributed by atoms with Crippen molar-refractivity contribution in [1.29, 1.82) is 0 Å². The number of rotatable bonds is 8. The maximum Gasteiger partial charge on any atom is 0.257 e. The van der Waals surface area contributed by atoms with Crippen molar-refractivity contribution >= 4 is 17.5 Å². The molecule has 0 radical (unpaired) electrons. The zero-order valence-electron chi connectivity index (χ0n) is 19.0. The molecule has 7 nitrogen and oxygen atoms in total. The molecule has 0 N–H and O–H groups in total. The van der Waals surface area contributed by atoms with Gasteiger partial charge in [-0.2, -0.15) is 0 Å². The van der Waals surface area contributed by atoms with E-state index in [2.05, 4.69) is 30.0 Å². The molecule has 1 aliphatic rings. The standard InChI is InChI=1S/C24H33N3O4/c1-18-7-5-6-8-22(18)25-11-13-26(14-12-25)23(28)9-10-27(15-16-30-4)24(29)21-17-19(2)31-20(21)3/h5-8,17H,9-16H2,1-4H3. The fraction of sp³-hybridized carbons (Fsp3) is 0.500. The molecule has 7 heteroatoms. The summed E-state index contributed by atoms with van der Waals surface area (Å²) in [5.41, 5.74) is 3.03. The molecule has 0 saturated carbocycles. The maximum absolute atomic E-state index is 13.0. The van der Waals surface area contributed by atoms with Crippen LogP contribution in [0.4, 0.5) is 5.69 Å². The van der Waals surface area contributed by atoms with Gasteiger partial charge in [0.2, 0.25) is 5.91 Å². The van der Waals surface area contributed by atoms with E-state index in [-0.39, 0.29) is 11.8 Å². The second kappa shape index (κ2) is 10.5. The average molecular weight is 428 g/mol. The molecule has 1 aromatic carbocycles. The predicted octanol–water partition coefficient (Wildman–Crippen LogP) is 3.03. The summed E-state index contributed by atoms with van der Waals surface area (Å²) in [6.07, 6.45) is 0.301. The highest BCUT2D eigenvalue weighted by molar-refractivity contribution is 5.95. The second-order valence-corrected chi connectivity index (χ2v) is 8.02. The first kappa shape index (κ1) is 22.9. The highest BCUT2D eigenvalue weighted by Gasteiger charge is 2.25. The smallest absolute Gasteiger partial charge is 0.257 e. The highest BCUT2D eigenvalue weighted by Crippen LogP contribution is 2.21. The van der Waals surface area contributed by atoms with E-state index >= 15 is 0 Å². The molecule has 0 bridgehead atoms. The minimum atomic E-state index is -0.122. The van der Waals surface area contributed by atoms with E-state index in [4.69, 9.17) is 9.15 Å². The van der Waals surface area contributed by atoms with Crippen LogP contribution in [-0.2, 0) is 9.53 Å². The number of ether oxygens (including phenoxy) is 1. The molecule has 1 saturated heterocycles. The van der Waals surface area contributed by atoms with Crippen LogP contribution < -0.4 is 4.90 Å². The van der Waals surface area contributed by atoms with Crippen molar-refractivity contribution in [3.63, 3.8) is 0 Å². The number of methoxy groups -OCH3 is 1. The van der Waals surface area contributed by atoms with Crippen LogP contribution in [0.25, 0.3) is 0 Å². The van der Waals surface area contributed by atoms with Crippen LogP contribution in [0.3, 0.4) is 0 Å². The zero-order chi connectivity index (χ0) is 22.4. The summed E-state index contributed by atoms with van der Waals surface area (Å²) in [4.78, 5) is 31.7. The lowest BCUT2D eigenvalue weighted by molar-refractivity contribution is -0.131. The lowest BCUT2D eigenvalue weighted by Crippen LogP contribution is -2.49. The topological polar surface area (TPSA) is 66.2 Å². The number of nitrogens with zero attached hydrogens (tertiary/aromatic N) is 3. The van der Waals surface area contributed by atoms with E-state index in [9.17, 15) is 9.59 Å². The van der Waals surface area contributed by atoms with E-state index < -0.39 is 0 Å². The van der Waals surface area contributed by atoms with Gasteiger partial charge in [0.25, 0.3) is 5.91 Å². The number of hydrogen-bond donors (Lipinski definition) is 0. The molecule has 1 aliphatic heterocycles. The quantitative estimate of drug-likeness (QED) is 0.648. The van der Waals surface area contributed by atoms with Gasteiger partial charge in [0.05, 0.1) is 12.2 Å². The molecule has 1 fully saturated rings. The molecular weight excluding hydrogens is 394 g/mol. The highest BCUT2D eigenvalue weighted by atomic mass is 16.5. The number of aryl methyl sites for hydroxylation is 3. The fourth-order valence-corrected chi connectivity index (χ4v) is 4.03. The average Bonchev–Trinajstić information content (AvgIpc) is 3.11. The minimum absolute atomic E-state index is 0.0831. The zero-order valence-corrected chi connectivity index (χ0v) is 19.0. The molecule has 0 atom stereocenters. The van der Waals surface area contributed by atoms with Gasteiger partial charge in [0.15, 0.2) is 0 Å². The summed E-state index contributed by atoms with van der Waals surface area (Å²) in [6, 6.07) is 10.1. The van der Waals surface area contributed by atoms with E-state index in [1.54, 1.807) is 25.0 Å². The van der Waals surface area contributed by atoms with Gasteiger partial charge in [-0.25, -0.2) is 0 Å². The van der Waals surface area contributed by atoms with Crippen molar-refractivity contribution in [2.24, 2.45) is 0 Å². The van der Waals surface area contributed by atoms with Crippen LogP contribution in [0.5, 0.6) is 0 Å². The normalized spacial score (nSPS) is 14.1. The Kier molecular flexibility index (Phi) is 7.74. The number of hydrogen-bond acceptors (Lipinski definition) is 5. The molecule has 2 aromatic rings. The number of anilines is 1. The van der Waals surface area contributed by atoms with Crippen molar-refractivity contribution in [3.8, 4) is 0 Å². The van der Waals surface area contributed by atoms with Crippen LogP contribution in [0.2, 0.25) is 0 Å². The Labute approximate surface area is 184 Å². The molecule has 3 rings (SSSR count). The SMILES string of the molecule is COCCN(CCC(=O)N1CCN(c2ccccc2C)CC1)C(=O)c1cc(C)oc1C. The third-order valence-corrected chi connectivity index (χ3v) is 5.81. The van der Waals surface area contributed by atoms with Crippen LogP contribution in [-0.4, -0.2) is 74.6 Å². The van der Waals surface area contributed by atoms with Crippen LogP contribution >= 0.6 is 0 Å². The molecule has 2 amide bonds. The number of piperazine rings is 1. The van der Waals surface area contributed by atoms with Gasteiger partial charge < -0.3 is 23.9 Å². The number of furan rings is 1. The molecule has 0 aliphatic carbocycles. The van der Waals surface area contributed by atoms with Gasteiger partial charge in [-0.1, -0.05) is 18.2 Å². The van der Waals surface area contributed by atoms with Gasteiger partial charge in [0, 0.05) is 58.5 Å². The van der Waals surface area contributed by atoms with Gasteiger partial charge in [-0.3, -0.25) is 9.59 Å². The Bertz CT molecular complexity index is 900. The van der Waals surface area contributed by atoms with Gasteiger partial charge in [0.1, 0.15) is 11.5 Å². The number of carbonyl (C=O) groups is 2. The summed E-state index contributed by atoms with van der Waals surface area (Å²) < 4.78 is 10.7. The first-order chi connectivity index (χ1) is 14.9. The molecule has 168 valence electrons. The summed E-state index contributed by atoms with van der Waals surface area (Å²) in [5, 5.41) is 0. The third kappa shape index (κ3) is 5.67. The van der Waals surface area contributed by atoms with Crippen molar-refractivity contribution in [2.75, 3.05) is 57.9 Å². The summed E-state index contributed by atoms with van der Waals surface area (Å²) in [7, 11) is 1.61. The molecule has 0 spiro atoms. The Morgan fingerprint density at radius 2 is 1.77 bits per heavy atom. The van der Waals surface area contributed by atoms with Crippen molar-refractivity contribution < 1.29 is 18.7 Å². The van der Waals surface area contributed by atoms with Crippen LogP contribution in [0, 0.1) is 20.8 Å². The summed E-state index contributed by atoms with van der Waals surface area (Å²) >= 11 is 0. The molecular formula is C24H33N3O4. The van der Waals surface area contributed by atoms with Crippen LogP contribution in [0.15, 0.2) is 34.7 Å². The first-order valence-corrected chi connectivity index (χ1v) is 10.8. The van der Waals surface area contributed by atoms with Crippen LogP contribution in [0.1, 0.15) is 33.9 Å². The van der Waals surface area contributed by atoms with Gasteiger partial charge in [-0.15, -0.1) is 0 Å². The van der Waals surface area contributed by atoms with Gasteiger partial charge in [-0.05, 0) is 38.5 Å². The molecule has 31 heavy (non-hydrogen) atoms. The number of amides is 2. The largest absolute Gasteiger partial charge is 0.466 e.